The zero-order valence-corrected chi connectivity index (χ0v) is 19.3. The normalized spacial score (nSPS) is 18.6. The Hall–Kier alpha value is -3.41. The molecular formula is C27H30N4O2. The summed E-state index contributed by atoms with van der Waals surface area (Å²) in [5, 5.41) is 9.33. The predicted octanol–water partition coefficient (Wildman–Crippen LogP) is 4.40. The number of hydrogen-bond donors (Lipinski definition) is 1. The summed E-state index contributed by atoms with van der Waals surface area (Å²) < 4.78 is 3.37. The number of fused-ring (bicyclic) bond motifs is 3. The average molecular weight is 443 g/mol. The fraction of sp³-hybridized carbons (Fsp3) is 0.370. The molecule has 2 atom stereocenters. The third-order valence-corrected chi connectivity index (χ3v) is 7.11. The van der Waals surface area contributed by atoms with Gasteiger partial charge in [-0.1, -0.05) is 62.2 Å². The summed E-state index contributed by atoms with van der Waals surface area (Å²) in [6.45, 7) is 4.79. The van der Waals surface area contributed by atoms with Gasteiger partial charge in [0.25, 0.3) is 5.56 Å². The summed E-state index contributed by atoms with van der Waals surface area (Å²) in [4.78, 5) is 26.4. The average Bonchev–Trinajstić information content (AvgIpc) is 3.13. The third-order valence-electron chi connectivity index (χ3n) is 7.11. The van der Waals surface area contributed by atoms with Crippen LogP contribution < -0.4 is 10.9 Å². The number of aryl methyl sites for hydroxylation is 1. The molecule has 1 aliphatic rings. The number of nitrogens with one attached hydrogen (secondary N) is 1. The Morgan fingerprint density at radius 1 is 1.06 bits per heavy atom. The van der Waals surface area contributed by atoms with Crippen molar-refractivity contribution >= 4 is 27.7 Å². The Balaban J connectivity index is 1.54. The lowest BCUT2D eigenvalue weighted by atomic mass is 9.86. The number of hydrogen-bond acceptors (Lipinski definition) is 3. The van der Waals surface area contributed by atoms with Gasteiger partial charge in [0.2, 0.25) is 5.91 Å². The molecule has 6 heteroatoms. The van der Waals surface area contributed by atoms with Crippen LogP contribution in [0.25, 0.3) is 21.8 Å². The summed E-state index contributed by atoms with van der Waals surface area (Å²) in [5.74, 6) is 0.316. The Kier molecular flexibility index (Phi) is 5.75. The van der Waals surface area contributed by atoms with Gasteiger partial charge in [-0.05, 0) is 42.9 Å². The Bertz CT molecular complexity index is 1380. The maximum Gasteiger partial charge on any atom is 0.291 e. The van der Waals surface area contributed by atoms with E-state index in [2.05, 4.69) is 41.0 Å². The Morgan fingerprint density at radius 2 is 1.82 bits per heavy atom. The second kappa shape index (κ2) is 8.85. The molecule has 2 heterocycles. The molecule has 1 amide bonds. The number of para-hydroxylation sites is 1. The summed E-state index contributed by atoms with van der Waals surface area (Å²) in [5.41, 5.74) is 3.69. The van der Waals surface area contributed by atoms with Crippen molar-refractivity contribution in [3.8, 4) is 0 Å². The molecule has 6 nitrogen and oxygen atoms in total. The van der Waals surface area contributed by atoms with Crippen LogP contribution in [0.15, 0.2) is 59.5 Å². The Morgan fingerprint density at radius 3 is 2.64 bits per heavy atom. The maximum absolute atomic E-state index is 13.6. The smallest absolute Gasteiger partial charge is 0.291 e. The molecule has 1 fully saturated rings. The van der Waals surface area contributed by atoms with E-state index >= 15 is 0 Å². The minimum absolute atomic E-state index is 0.0656. The molecular weight excluding hydrogens is 412 g/mol. The fourth-order valence-corrected chi connectivity index (χ4v) is 5.15. The van der Waals surface area contributed by atoms with Gasteiger partial charge < -0.3 is 9.88 Å². The first-order chi connectivity index (χ1) is 16.0. The van der Waals surface area contributed by atoms with Gasteiger partial charge in [-0.25, -0.2) is 4.68 Å². The van der Waals surface area contributed by atoms with Crippen molar-refractivity contribution in [2.45, 2.75) is 58.7 Å². The lowest BCUT2D eigenvalue weighted by molar-refractivity contribution is -0.123. The van der Waals surface area contributed by atoms with Gasteiger partial charge in [0, 0.05) is 28.9 Å². The molecule has 0 bridgehead atoms. The van der Waals surface area contributed by atoms with Crippen LogP contribution in [0.2, 0.25) is 0 Å². The van der Waals surface area contributed by atoms with Crippen LogP contribution >= 0.6 is 0 Å². The van der Waals surface area contributed by atoms with Gasteiger partial charge >= 0.3 is 0 Å². The van der Waals surface area contributed by atoms with Crippen LogP contribution in [-0.4, -0.2) is 26.3 Å². The first-order valence-corrected chi connectivity index (χ1v) is 11.8. The van der Waals surface area contributed by atoms with Crippen molar-refractivity contribution in [3.63, 3.8) is 0 Å². The molecule has 33 heavy (non-hydrogen) atoms. The molecule has 2 aromatic heterocycles. The molecule has 2 aromatic carbocycles. The van der Waals surface area contributed by atoms with E-state index in [-0.39, 0.29) is 24.1 Å². The van der Waals surface area contributed by atoms with Crippen molar-refractivity contribution in [1.29, 1.82) is 0 Å². The maximum atomic E-state index is 13.6. The molecule has 0 radical (unpaired) electrons. The topological polar surface area (TPSA) is 68.9 Å². The summed E-state index contributed by atoms with van der Waals surface area (Å²) in [6, 6.07) is 16.4. The molecule has 0 unspecified atom stereocenters. The van der Waals surface area contributed by atoms with Gasteiger partial charge in [0.05, 0.1) is 6.20 Å². The minimum atomic E-state index is -0.232. The fourth-order valence-electron chi connectivity index (χ4n) is 5.15. The highest BCUT2D eigenvalue weighted by Crippen LogP contribution is 2.28. The van der Waals surface area contributed by atoms with E-state index in [4.69, 9.17) is 0 Å². The van der Waals surface area contributed by atoms with E-state index < -0.39 is 0 Å². The number of benzene rings is 2. The van der Waals surface area contributed by atoms with E-state index in [9.17, 15) is 9.59 Å². The molecule has 1 N–H and O–H groups in total. The summed E-state index contributed by atoms with van der Waals surface area (Å²) >= 11 is 0. The quantitative estimate of drug-likeness (QED) is 0.498. The summed E-state index contributed by atoms with van der Waals surface area (Å²) in [7, 11) is 0. The number of carbonyl (C=O) groups excluding carboxylic acids is 1. The first-order valence-electron chi connectivity index (χ1n) is 11.8. The lowest BCUT2D eigenvalue weighted by Gasteiger charge is -2.29. The molecule has 1 saturated carbocycles. The number of aromatic nitrogens is 3. The summed E-state index contributed by atoms with van der Waals surface area (Å²) in [6.07, 6.45) is 6.21. The van der Waals surface area contributed by atoms with E-state index in [0.29, 0.717) is 18.0 Å². The van der Waals surface area contributed by atoms with Gasteiger partial charge in [0.15, 0.2) is 0 Å². The van der Waals surface area contributed by atoms with Crippen LogP contribution in [0.3, 0.4) is 0 Å². The largest absolute Gasteiger partial charge is 0.351 e. The first kappa shape index (κ1) is 21.4. The second-order valence-electron chi connectivity index (χ2n) is 9.34. The van der Waals surface area contributed by atoms with Crippen molar-refractivity contribution in [2.75, 3.05) is 0 Å². The van der Waals surface area contributed by atoms with Gasteiger partial charge in [-0.15, -0.1) is 0 Å². The van der Waals surface area contributed by atoms with Crippen LogP contribution in [0, 0.1) is 12.8 Å². The molecule has 0 aliphatic heterocycles. The van der Waals surface area contributed by atoms with Gasteiger partial charge in [-0.3, -0.25) is 9.59 Å². The number of rotatable bonds is 5. The second-order valence-corrected chi connectivity index (χ2v) is 9.34. The van der Waals surface area contributed by atoms with E-state index in [1.807, 2.05) is 36.4 Å². The zero-order valence-electron chi connectivity index (χ0n) is 19.3. The van der Waals surface area contributed by atoms with Crippen molar-refractivity contribution in [2.24, 2.45) is 5.92 Å². The molecule has 0 spiro atoms. The van der Waals surface area contributed by atoms with Crippen molar-refractivity contribution in [1.82, 2.24) is 19.7 Å². The highest BCUT2D eigenvalue weighted by Gasteiger charge is 2.23. The number of nitrogens with zero attached hydrogens (tertiary/aromatic N) is 3. The highest BCUT2D eigenvalue weighted by molar-refractivity contribution is 6.07. The van der Waals surface area contributed by atoms with Gasteiger partial charge in [-0.2, -0.15) is 5.10 Å². The van der Waals surface area contributed by atoms with E-state index in [1.165, 1.54) is 16.7 Å². The monoisotopic (exact) mass is 442 g/mol. The molecule has 1 aliphatic carbocycles. The third kappa shape index (κ3) is 4.06. The zero-order chi connectivity index (χ0) is 22.9. The van der Waals surface area contributed by atoms with Crippen molar-refractivity contribution in [3.05, 3.63) is 76.2 Å². The molecule has 4 aromatic rings. The van der Waals surface area contributed by atoms with Crippen LogP contribution in [0.5, 0.6) is 0 Å². The van der Waals surface area contributed by atoms with E-state index in [0.717, 1.165) is 41.1 Å². The number of carbonyl (C=O) groups is 1. The SMILES string of the molecule is Cc1ccccc1Cn1c2ccccc2c2cnn(CC(=O)N[C@@H]3CCCC[C@@H]3C)c(=O)c21. The molecule has 5 rings (SSSR count). The van der Waals surface area contributed by atoms with E-state index in [1.54, 1.807) is 6.20 Å². The Labute approximate surface area is 193 Å². The molecule has 170 valence electrons. The lowest BCUT2D eigenvalue weighted by Crippen LogP contribution is -2.43. The van der Waals surface area contributed by atoms with Crippen LogP contribution in [-0.2, 0) is 17.9 Å². The van der Waals surface area contributed by atoms with Crippen LogP contribution in [0.1, 0.15) is 43.7 Å². The van der Waals surface area contributed by atoms with Crippen LogP contribution in [0.4, 0.5) is 0 Å². The van der Waals surface area contributed by atoms with Crippen molar-refractivity contribution < 1.29 is 4.79 Å². The predicted molar refractivity (Wildman–Crippen MR) is 131 cm³/mol. The van der Waals surface area contributed by atoms with Gasteiger partial charge in [0.1, 0.15) is 12.1 Å². The molecule has 0 saturated heterocycles. The highest BCUT2D eigenvalue weighted by atomic mass is 16.2. The minimum Gasteiger partial charge on any atom is -0.351 e. The number of amides is 1. The standard InChI is InChI=1S/C27H30N4O2/c1-18-9-3-5-11-20(18)16-30-24-14-8-6-12-21(24)22-15-28-31(27(33)26(22)30)17-25(32)29-23-13-7-4-10-19(23)2/h3,5-6,8-9,11-12,14-15,19,23H,4,7,10,13,16-17H2,1-2H3,(H,29,32)/t19-,23+/m0/s1.